The van der Waals surface area contributed by atoms with Crippen molar-refractivity contribution in [2.45, 2.75) is 51.6 Å². The molecule has 3 amide bonds. The van der Waals surface area contributed by atoms with Crippen LogP contribution in [-0.2, 0) is 16.8 Å². The zero-order valence-corrected chi connectivity index (χ0v) is 13.7. The summed E-state index contributed by atoms with van der Waals surface area (Å²) in [4.78, 5) is 25.4. The van der Waals surface area contributed by atoms with Gasteiger partial charge in [0.2, 0.25) is 5.91 Å². The predicted molar refractivity (Wildman–Crippen MR) is 83.3 cm³/mol. The van der Waals surface area contributed by atoms with Crippen LogP contribution in [0.25, 0.3) is 0 Å². The molecule has 0 aliphatic carbocycles. The number of hydrogen-bond acceptors (Lipinski definition) is 3. The molecule has 3 N–H and O–H groups in total. The summed E-state index contributed by atoms with van der Waals surface area (Å²) in [5, 5.41) is 12.8. The fourth-order valence-corrected chi connectivity index (χ4v) is 2.32. The molecule has 0 spiro atoms. The van der Waals surface area contributed by atoms with Gasteiger partial charge in [0.05, 0.1) is 17.9 Å². The Morgan fingerprint density at radius 1 is 1.50 bits per heavy atom. The Morgan fingerprint density at radius 3 is 2.82 bits per heavy atom. The molecule has 0 unspecified atom stereocenters. The summed E-state index contributed by atoms with van der Waals surface area (Å²) in [6, 6.07) is 1.28. The first-order chi connectivity index (χ1) is 10.3. The van der Waals surface area contributed by atoms with Gasteiger partial charge in [-0.1, -0.05) is 20.8 Å². The van der Waals surface area contributed by atoms with E-state index in [1.807, 2.05) is 6.07 Å². The monoisotopic (exact) mass is 307 g/mol. The van der Waals surface area contributed by atoms with Crippen LogP contribution in [0.3, 0.4) is 0 Å². The van der Waals surface area contributed by atoms with Crippen molar-refractivity contribution >= 4 is 11.9 Å². The van der Waals surface area contributed by atoms with Gasteiger partial charge in [-0.25, -0.2) is 4.79 Å². The van der Waals surface area contributed by atoms with Crippen molar-refractivity contribution in [1.29, 1.82) is 0 Å². The van der Waals surface area contributed by atoms with Crippen LogP contribution >= 0.6 is 0 Å². The summed E-state index contributed by atoms with van der Waals surface area (Å²) < 4.78 is 0. The molecule has 22 heavy (non-hydrogen) atoms. The maximum Gasteiger partial charge on any atom is 0.318 e. The third-order valence-electron chi connectivity index (χ3n) is 3.74. The van der Waals surface area contributed by atoms with E-state index < -0.39 is 6.04 Å². The van der Waals surface area contributed by atoms with Crippen LogP contribution in [0.15, 0.2) is 6.07 Å². The zero-order chi connectivity index (χ0) is 16.3. The first kappa shape index (κ1) is 16.3. The SMILES string of the molecule is CN(Cc1cc(C(C)(C)C)n[nH]1)C(=O)N[C@H]1CCCNC1=O. The summed E-state index contributed by atoms with van der Waals surface area (Å²) >= 11 is 0. The summed E-state index contributed by atoms with van der Waals surface area (Å²) in [6.07, 6.45) is 1.57. The molecule has 1 aromatic rings. The molecule has 122 valence electrons. The van der Waals surface area contributed by atoms with E-state index in [-0.39, 0.29) is 17.4 Å². The smallest absolute Gasteiger partial charge is 0.318 e. The van der Waals surface area contributed by atoms with E-state index in [0.717, 1.165) is 17.8 Å². The van der Waals surface area contributed by atoms with Crippen LogP contribution in [0.1, 0.15) is 45.0 Å². The van der Waals surface area contributed by atoms with E-state index in [0.29, 0.717) is 19.5 Å². The summed E-state index contributed by atoms with van der Waals surface area (Å²) in [6.45, 7) is 7.37. The Kier molecular flexibility index (Phi) is 4.73. The van der Waals surface area contributed by atoms with Crippen molar-refractivity contribution in [2.24, 2.45) is 0 Å². The van der Waals surface area contributed by atoms with Gasteiger partial charge < -0.3 is 15.5 Å². The van der Waals surface area contributed by atoms with Crippen LogP contribution in [-0.4, -0.2) is 46.7 Å². The molecular formula is C15H25N5O2. The Hall–Kier alpha value is -2.05. The van der Waals surface area contributed by atoms with Gasteiger partial charge in [-0.05, 0) is 18.9 Å². The molecule has 7 heteroatoms. The number of piperidine rings is 1. The van der Waals surface area contributed by atoms with Crippen molar-refractivity contribution < 1.29 is 9.59 Å². The lowest BCUT2D eigenvalue weighted by Crippen LogP contribution is -2.52. The van der Waals surface area contributed by atoms with Gasteiger partial charge >= 0.3 is 6.03 Å². The number of aromatic nitrogens is 2. The van der Waals surface area contributed by atoms with Crippen LogP contribution in [0.2, 0.25) is 0 Å². The van der Waals surface area contributed by atoms with Gasteiger partial charge in [0.15, 0.2) is 0 Å². The Bertz CT molecular complexity index is 546. The van der Waals surface area contributed by atoms with Gasteiger partial charge in [0, 0.05) is 19.0 Å². The highest BCUT2D eigenvalue weighted by Gasteiger charge is 2.25. The molecular weight excluding hydrogens is 282 g/mol. The topological polar surface area (TPSA) is 90.1 Å². The third-order valence-corrected chi connectivity index (χ3v) is 3.74. The average molecular weight is 307 g/mol. The normalized spacial score (nSPS) is 18.7. The highest BCUT2D eigenvalue weighted by Crippen LogP contribution is 2.20. The van der Waals surface area contributed by atoms with Crippen LogP contribution in [0.4, 0.5) is 4.79 Å². The van der Waals surface area contributed by atoms with E-state index in [1.165, 1.54) is 0 Å². The number of urea groups is 1. The summed E-state index contributed by atoms with van der Waals surface area (Å²) in [5.74, 6) is -0.107. The maximum atomic E-state index is 12.2. The second kappa shape index (κ2) is 6.37. The Labute approximate surface area is 130 Å². The number of amides is 3. The molecule has 2 heterocycles. The van der Waals surface area contributed by atoms with Gasteiger partial charge in [-0.3, -0.25) is 9.89 Å². The molecule has 1 atom stereocenters. The molecule has 7 nitrogen and oxygen atoms in total. The Morgan fingerprint density at radius 2 is 2.23 bits per heavy atom. The first-order valence-electron chi connectivity index (χ1n) is 7.61. The highest BCUT2D eigenvalue weighted by molar-refractivity contribution is 5.87. The largest absolute Gasteiger partial charge is 0.354 e. The highest BCUT2D eigenvalue weighted by atomic mass is 16.2. The number of rotatable bonds is 3. The molecule has 1 fully saturated rings. The van der Waals surface area contributed by atoms with E-state index in [4.69, 9.17) is 0 Å². The molecule has 1 aliphatic rings. The fourth-order valence-electron chi connectivity index (χ4n) is 2.32. The van der Waals surface area contributed by atoms with Crippen LogP contribution in [0.5, 0.6) is 0 Å². The van der Waals surface area contributed by atoms with E-state index >= 15 is 0 Å². The van der Waals surface area contributed by atoms with Gasteiger partial charge in [0.25, 0.3) is 0 Å². The minimum absolute atomic E-state index is 0.0320. The van der Waals surface area contributed by atoms with Gasteiger partial charge in [0.1, 0.15) is 6.04 Å². The molecule has 1 saturated heterocycles. The number of carbonyl (C=O) groups excluding carboxylic acids is 2. The van der Waals surface area contributed by atoms with Crippen molar-refractivity contribution in [1.82, 2.24) is 25.7 Å². The second-order valence-electron chi connectivity index (χ2n) is 6.82. The summed E-state index contributed by atoms with van der Waals surface area (Å²) in [5.41, 5.74) is 1.80. The van der Waals surface area contributed by atoms with Crippen molar-refractivity contribution in [2.75, 3.05) is 13.6 Å². The number of nitrogens with zero attached hydrogens (tertiary/aromatic N) is 2. The third kappa shape index (κ3) is 3.99. The van der Waals surface area contributed by atoms with Crippen molar-refractivity contribution in [3.63, 3.8) is 0 Å². The van der Waals surface area contributed by atoms with Crippen LogP contribution < -0.4 is 10.6 Å². The zero-order valence-electron chi connectivity index (χ0n) is 13.7. The quantitative estimate of drug-likeness (QED) is 0.782. The summed E-state index contributed by atoms with van der Waals surface area (Å²) in [7, 11) is 1.70. The minimum atomic E-state index is -0.435. The standard InChI is InChI=1S/C15H25N5O2/c1-15(2,3)12-8-10(18-19-12)9-20(4)14(22)17-11-6-5-7-16-13(11)21/h8,11H,5-7,9H2,1-4H3,(H,16,21)(H,17,22)(H,18,19)/t11-/m0/s1. The minimum Gasteiger partial charge on any atom is -0.354 e. The molecule has 0 bridgehead atoms. The number of H-pyrrole nitrogens is 1. The molecule has 1 aliphatic heterocycles. The van der Waals surface area contributed by atoms with Crippen LogP contribution in [0, 0.1) is 0 Å². The second-order valence-corrected chi connectivity index (χ2v) is 6.82. The van der Waals surface area contributed by atoms with Crippen molar-refractivity contribution in [3.05, 3.63) is 17.5 Å². The number of hydrogen-bond donors (Lipinski definition) is 3. The maximum absolute atomic E-state index is 12.2. The average Bonchev–Trinajstić information content (AvgIpc) is 2.89. The number of carbonyl (C=O) groups is 2. The first-order valence-corrected chi connectivity index (χ1v) is 7.61. The lowest BCUT2D eigenvalue weighted by molar-refractivity contribution is -0.124. The molecule has 0 saturated carbocycles. The molecule has 2 rings (SSSR count). The molecule has 0 radical (unpaired) electrons. The fraction of sp³-hybridized carbons (Fsp3) is 0.667. The molecule has 0 aromatic carbocycles. The lowest BCUT2D eigenvalue weighted by atomic mass is 9.92. The van der Waals surface area contributed by atoms with E-state index in [9.17, 15) is 9.59 Å². The Balaban J connectivity index is 1.91. The van der Waals surface area contributed by atoms with Gasteiger partial charge in [-0.15, -0.1) is 0 Å². The lowest BCUT2D eigenvalue weighted by Gasteiger charge is -2.25. The van der Waals surface area contributed by atoms with Gasteiger partial charge in [-0.2, -0.15) is 5.10 Å². The van der Waals surface area contributed by atoms with E-state index in [1.54, 1.807) is 11.9 Å². The number of nitrogens with one attached hydrogen (secondary N) is 3. The number of aromatic amines is 1. The van der Waals surface area contributed by atoms with Crippen molar-refractivity contribution in [3.8, 4) is 0 Å². The molecule has 1 aromatic heterocycles. The van der Waals surface area contributed by atoms with E-state index in [2.05, 4.69) is 41.6 Å². The predicted octanol–water partition coefficient (Wildman–Crippen LogP) is 1.13.